The lowest BCUT2D eigenvalue weighted by atomic mass is 9.74. The normalized spacial score (nSPS) is 32.7. The van der Waals surface area contributed by atoms with Crippen LogP contribution in [0.1, 0.15) is 47.0 Å². The summed E-state index contributed by atoms with van der Waals surface area (Å²) in [5.74, 6) is 0.0182. The van der Waals surface area contributed by atoms with E-state index in [4.69, 9.17) is 4.74 Å². The van der Waals surface area contributed by atoms with Crippen LogP contribution in [0.3, 0.4) is 0 Å². The van der Waals surface area contributed by atoms with Gasteiger partial charge in [-0.25, -0.2) is 0 Å². The largest absolute Gasteiger partial charge is 0.390 e. The number of ether oxygens (including phenoxy) is 1. The summed E-state index contributed by atoms with van der Waals surface area (Å²) in [4.78, 5) is 12.3. The van der Waals surface area contributed by atoms with Gasteiger partial charge in [-0.3, -0.25) is 4.79 Å². The summed E-state index contributed by atoms with van der Waals surface area (Å²) in [6, 6.07) is 0. The van der Waals surface area contributed by atoms with Gasteiger partial charge < -0.3 is 9.84 Å². The molecule has 1 saturated heterocycles. The van der Waals surface area contributed by atoms with Gasteiger partial charge in [0.2, 0.25) is 0 Å². The molecular weight excluding hydrogens is 192 g/mol. The minimum Gasteiger partial charge on any atom is -0.390 e. The molecule has 0 spiro atoms. The van der Waals surface area contributed by atoms with Crippen LogP contribution in [-0.4, -0.2) is 29.2 Å². The van der Waals surface area contributed by atoms with Crippen molar-refractivity contribution < 1.29 is 14.6 Å². The average Bonchev–Trinajstić information content (AvgIpc) is 2.21. The van der Waals surface area contributed by atoms with Crippen molar-refractivity contribution in [1.29, 1.82) is 0 Å². The van der Waals surface area contributed by atoms with E-state index in [2.05, 4.69) is 0 Å². The molecule has 1 N–H and O–H groups in total. The van der Waals surface area contributed by atoms with Crippen molar-refractivity contribution in [1.82, 2.24) is 0 Å². The highest BCUT2D eigenvalue weighted by Gasteiger charge is 2.48. The molecule has 1 aliphatic heterocycles. The van der Waals surface area contributed by atoms with Crippen molar-refractivity contribution in [3.8, 4) is 0 Å². The highest BCUT2D eigenvalue weighted by molar-refractivity contribution is 5.92. The minimum absolute atomic E-state index is 0.0182. The molecule has 1 fully saturated rings. The predicted octanol–water partition coefficient (Wildman–Crippen LogP) is 1.92. The Bertz CT molecular complexity index is 247. The maximum atomic E-state index is 12.3. The van der Waals surface area contributed by atoms with Crippen LogP contribution in [0.25, 0.3) is 0 Å². The van der Waals surface area contributed by atoms with Crippen LogP contribution in [0.15, 0.2) is 0 Å². The van der Waals surface area contributed by atoms with Gasteiger partial charge in [0.25, 0.3) is 0 Å². The Kier molecular flexibility index (Phi) is 3.56. The van der Waals surface area contributed by atoms with Crippen molar-refractivity contribution >= 4 is 5.78 Å². The number of aliphatic hydroxyl groups excluding tert-OH is 1. The Hall–Kier alpha value is -0.410. The molecule has 3 heteroatoms. The zero-order valence-corrected chi connectivity index (χ0v) is 10.2. The van der Waals surface area contributed by atoms with Crippen molar-refractivity contribution in [3.63, 3.8) is 0 Å². The standard InChI is InChI=1S/C12H22O3/c1-5-11(2,3)10(14)12(4)9(13)7-6-8-15-12/h9,13H,5-8H2,1-4H3. The van der Waals surface area contributed by atoms with Crippen molar-refractivity contribution in [2.75, 3.05) is 6.61 Å². The molecule has 1 aliphatic rings. The Morgan fingerprint density at radius 2 is 2.20 bits per heavy atom. The molecule has 0 bridgehead atoms. The summed E-state index contributed by atoms with van der Waals surface area (Å²) in [5, 5.41) is 9.91. The molecule has 1 rings (SSSR count). The number of aliphatic hydroxyl groups is 1. The van der Waals surface area contributed by atoms with Gasteiger partial charge in [-0.15, -0.1) is 0 Å². The van der Waals surface area contributed by atoms with Crippen LogP contribution in [0.5, 0.6) is 0 Å². The third-order valence-electron chi connectivity index (χ3n) is 3.61. The summed E-state index contributed by atoms with van der Waals surface area (Å²) < 4.78 is 5.53. The topological polar surface area (TPSA) is 46.5 Å². The number of carbonyl (C=O) groups excluding carboxylic acids is 1. The fraction of sp³-hybridized carbons (Fsp3) is 0.917. The lowest BCUT2D eigenvalue weighted by Gasteiger charge is -2.41. The van der Waals surface area contributed by atoms with E-state index in [1.165, 1.54) is 0 Å². The number of hydrogen-bond donors (Lipinski definition) is 1. The Balaban J connectivity index is 2.89. The molecule has 0 radical (unpaired) electrons. The zero-order valence-electron chi connectivity index (χ0n) is 10.2. The first-order valence-electron chi connectivity index (χ1n) is 5.71. The number of ketones is 1. The highest BCUT2D eigenvalue weighted by Crippen LogP contribution is 2.34. The molecule has 0 saturated carbocycles. The molecule has 2 atom stereocenters. The number of Topliss-reactive ketones (excluding diaryl/α,β-unsaturated/α-hetero) is 1. The molecule has 88 valence electrons. The van der Waals surface area contributed by atoms with E-state index in [0.717, 1.165) is 12.8 Å². The summed E-state index contributed by atoms with van der Waals surface area (Å²) in [6.07, 6.45) is 1.58. The monoisotopic (exact) mass is 214 g/mol. The Morgan fingerprint density at radius 3 is 2.67 bits per heavy atom. The maximum absolute atomic E-state index is 12.3. The van der Waals surface area contributed by atoms with Gasteiger partial charge in [0, 0.05) is 12.0 Å². The molecule has 0 aromatic heterocycles. The van der Waals surface area contributed by atoms with Gasteiger partial charge in [-0.1, -0.05) is 20.8 Å². The van der Waals surface area contributed by atoms with E-state index in [9.17, 15) is 9.90 Å². The molecule has 0 aromatic rings. The summed E-state index contributed by atoms with van der Waals surface area (Å²) >= 11 is 0. The average molecular weight is 214 g/mol. The Morgan fingerprint density at radius 1 is 1.60 bits per heavy atom. The van der Waals surface area contributed by atoms with Gasteiger partial charge in [-0.2, -0.15) is 0 Å². The smallest absolute Gasteiger partial charge is 0.172 e. The molecule has 0 amide bonds. The molecule has 2 unspecified atom stereocenters. The molecule has 0 aromatic carbocycles. The third-order valence-corrected chi connectivity index (χ3v) is 3.61. The van der Waals surface area contributed by atoms with E-state index in [1.807, 2.05) is 20.8 Å². The molecule has 1 heterocycles. The lowest BCUT2D eigenvalue weighted by Crippen LogP contribution is -2.56. The number of carbonyl (C=O) groups is 1. The maximum Gasteiger partial charge on any atom is 0.172 e. The lowest BCUT2D eigenvalue weighted by molar-refractivity contribution is -0.178. The minimum atomic E-state index is -1.00. The molecule has 3 nitrogen and oxygen atoms in total. The van der Waals surface area contributed by atoms with Crippen LogP contribution in [0, 0.1) is 5.41 Å². The van der Waals surface area contributed by atoms with Crippen molar-refractivity contribution in [2.45, 2.75) is 58.7 Å². The fourth-order valence-electron chi connectivity index (χ4n) is 1.98. The third kappa shape index (κ3) is 2.23. The van der Waals surface area contributed by atoms with Crippen molar-refractivity contribution in [2.24, 2.45) is 5.41 Å². The number of rotatable bonds is 3. The first-order valence-corrected chi connectivity index (χ1v) is 5.71. The second kappa shape index (κ2) is 4.22. The van der Waals surface area contributed by atoms with Crippen LogP contribution in [0.2, 0.25) is 0 Å². The van der Waals surface area contributed by atoms with Gasteiger partial charge in [0.1, 0.15) is 5.60 Å². The quantitative estimate of drug-likeness (QED) is 0.780. The van der Waals surface area contributed by atoms with Crippen LogP contribution >= 0.6 is 0 Å². The summed E-state index contributed by atoms with van der Waals surface area (Å²) in [7, 11) is 0. The summed E-state index contributed by atoms with van der Waals surface area (Å²) in [6.45, 7) is 8.09. The van der Waals surface area contributed by atoms with Crippen LogP contribution < -0.4 is 0 Å². The van der Waals surface area contributed by atoms with Gasteiger partial charge >= 0.3 is 0 Å². The molecule has 15 heavy (non-hydrogen) atoms. The van der Waals surface area contributed by atoms with E-state index in [0.29, 0.717) is 13.0 Å². The van der Waals surface area contributed by atoms with Crippen LogP contribution in [-0.2, 0) is 9.53 Å². The Labute approximate surface area is 91.8 Å². The predicted molar refractivity (Wildman–Crippen MR) is 58.7 cm³/mol. The fourth-order valence-corrected chi connectivity index (χ4v) is 1.98. The van der Waals surface area contributed by atoms with Crippen molar-refractivity contribution in [3.05, 3.63) is 0 Å². The molecule has 0 aliphatic carbocycles. The molecular formula is C12H22O3. The van der Waals surface area contributed by atoms with Gasteiger partial charge in [-0.05, 0) is 26.2 Å². The second-order valence-corrected chi connectivity index (χ2v) is 5.18. The SMILES string of the molecule is CCC(C)(C)C(=O)C1(C)OCCCC1O. The zero-order chi connectivity index (χ0) is 11.7. The van der Waals surface area contributed by atoms with E-state index in [1.54, 1.807) is 6.92 Å². The first kappa shape index (κ1) is 12.7. The first-order chi connectivity index (χ1) is 6.84. The highest BCUT2D eigenvalue weighted by atomic mass is 16.5. The van der Waals surface area contributed by atoms with Crippen LogP contribution in [0.4, 0.5) is 0 Å². The van der Waals surface area contributed by atoms with E-state index in [-0.39, 0.29) is 5.78 Å². The number of hydrogen-bond acceptors (Lipinski definition) is 3. The van der Waals surface area contributed by atoms with E-state index >= 15 is 0 Å². The van der Waals surface area contributed by atoms with Gasteiger partial charge in [0.15, 0.2) is 5.78 Å². The summed E-state index contributed by atoms with van der Waals surface area (Å²) in [5.41, 5.74) is -1.43. The second-order valence-electron chi connectivity index (χ2n) is 5.18. The van der Waals surface area contributed by atoms with E-state index < -0.39 is 17.1 Å². The van der Waals surface area contributed by atoms with Gasteiger partial charge in [0.05, 0.1) is 6.10 Å².